The van der Waals surface area contributed by atoms with E-state index in [9.17, 15) is 9.59 Å². The van der Waals surface area contributed by atoms with Gasteiger partial charge in [-0.2, -0.15) is 0 Å². The molecule has 30 heavy (non-hydrogen) atoms. The first-order chi connectivity index (χ1) is 14.5. The molecule has 1 N–H and O–H groups in total. The molecule has 0 radical (unpaired) electrons. The predicted octanol–water partition coefficient (Wildman–Crippen LogP) is 4.10. The first-order valence-electron chi connectivity index (χ1n) is 9.68. The number of rotatable bonds is 5. The first kappa shape index (κ1) is 20.7. The number of hydrogen-bond acceptors (Lipinski definition) is 5. The number of carbonyl (C=O) groups excluding carboxylic acids is 2. The Balaban J connectivity index is 1.37. The van der Waals surface area contributed by atoms with Crippen molar-refractivity contribution in [3.8, 4) is 0 Å². The van der Waals surface area contributed by atoms with E-state index in [2.05, 4.69) is 10.2 Å². The molecule has 156 valence electrons. The van der Waals surface area contributed by atoms with Crippen molar-refractivity contribution in [2.75, 3.05) is 50.1 Å². The number of benzene rings is 2. The van der Waals surface area contributed by atoms with Gasteiger partial charge < -0.3 is 19.9 Å². The molecule has 0 atom stereocenters. The number of amides is 2. The van der Waals surface area contributed by atoms with Gasteiger partial charge >= 0.3 is 0 Å². The van der Waals surface area contributed by atoms with Crippen LogP contribution in [0.4, 0.5) is 11.4 Å². The number of carbonyl (C=O) groups is 2. The highest BCUT2D eigenvalue weighted by atomic mass is 35.5. The summed E-state index contributed by atoms with van der Waals surface area (Å²) in [6.45, 7) is 3.11. The maximum Gasteiger partial charge on any atom is 0.265 e. The molecule has 1 saturated heterocycles. The van der Waals surface area contributed by atoms with Gasteiger partial charge in [-0.25, -0.2) is 0 Å². The summed E-state index contributed by atoms with van der Waals surface area (Å²) in [6, 6.07) is 15.3. The van der Waals surface area contributed by atoms with Crippen molar-refractivity contribution in [1.29, 1.82) is 0 Å². The Hall–Kier alpha value is -2.61. The van der Waals surface area contributed by atoms with Gasteiger partial charge in [0.2, 0.25) is 5.91 Å². The minimum absolute atomic E-state index is 0.0609. The second-order valence-electron chi connectivity index (χ2n) is 7.10. The Labute approximate surface area is 184 Å². The minimum Gasteiger partial charge on any atom is -0.378 e. The number of thiophene rings is 1. The van der Waals surface area contributed by atoms with E-state index in [1.165, 1.54) is 16.2 Å². The van der Waals surface area contributed by atoms with Gasteiger partial charge in [-0.3, -0.25) is 9.59 Å². The third kappa shape index (κ3) is 4.43. The lowest BCUT2D eigenvalue weighted by Crippen LogP contribution is -2.36. The summed E-state index contributed by atoms with van der Waals surface area (Å²) >= 11 is 7.73. The van der Waals surface area contributed by atoms with Gasteiger partial charge in [0.1, 0.15) is 4.88 Å². The minimum atomic E-state index is -0.265. The third-order valence-electron chi connectivity index (χ3n) is 4.98. The third-order valence-corrected chi connectivity index (χ3v) is 6.65. The van der Waals surface area contributed by atoms with Crippen molar-refractivity contribution in [2.24, 2.45) is 0 Å². The molecule has 0 spiro atoms. The lowest BCUT2D eigenvalue weighted by Gasteiger charge is -2.28. The van der Waals surface area contributed by atoms with E-state index < -0.39 is 0 Å². The van der Waals surface area contributed by atoms with Crippen LogP contribution in [-0.4, -0.2) is 56.6 Å². The number of halogens is 1. The summed E-state index contributed by atoms with van der Waals surface area (Å²) in [4.78, 5) is 29.3. The van der Waals surface area contributed by atoms with Crippen molar-refractivity contribution < 1.29 is 14.3 Å². The van der Waals surface area contributed by atoms with Crippen molar-refractivity contribution in [3.63, 3.8) is 0 Å². The number of hydrogen-bond donors (Lipinski definition) is 1. The molecular formula is C22H22ClN3O3S. The predicted molar refractivity (Wildman–Crippen MR) is 122 cm³/mol. The largest absolute Gasteiger partial charge is 0.378 e. The van der Waals surface area contributed by atoms with E-state index in [-0.39, 0.29) is 18.4 Å². The molecule has 2 amide bonds. The molecular weight excluding hydrogens is 422 g/mol. The lowest BCUT2D eigenvalue weighted by molar-refractivity contribution is -0.116. The molecule has 1 aliphatic rings. The summed E-state index contributed by atoms with van der Waals surface area (Å²) < 4.78 is 6.32. The molecule has 1 aromatic heterocycles. The van der Waals surface area contributed by atoms with Crippen molar-refractivity contribution >= 4 is 56.2 Å². The van der Waals surface area contributed by atoms with Crippen LogP contribution in [0.3, 0.4) is 0 Å². The van der Waals surface area contributed by atoms with Crippen LogP contribution in [0.5, 0.6) is 0 Å². The van der Waals surface area contributed by atoms with E-state index in [1.807, 2.05) is 48.5 Å². The zero-order valence-corrected chi connectivity index (χ0v) is 18.1. The summed E-state index contributed by atoms with van der Waals surface area (Å²) in [5.41, 5.74) is 1.79. The number of nitrogens with zero attached hydrogens (tertiary/aromatic N) is 2. The molecule has 2 aromatic carbocycles. The smallest absolute Gasteiger partial charge is 0.265 e. The van der Waals surface area contributed by atoms with Gasteiger partial charge in [-0.15, -0.1) is 11.3 Å². The Bertz CT molecular complexity index is 1060. The topological polar surface area (TPSA) is 61.9 Å². The molecule has 2 heterocycles. The molecule has 0 bridgehead atoms. The maximum atomic E-state index is 12.8. The molecule has 0 aliphatic carbocycles. The summed E-state index contributed by atoms with van der Waals surface area (Å²) in [6.07, 6.45) is 0. The fourth-order valence-corrected chi connectivity index (χ4v) is 4.90. The number of morpholine rings is 1. The van der Waals surface area contributed by atoms with Crippen LogP contribution < -0.4 is 10.2 Å². The first-order valence-corrected chi connectivity index (χ1v) is 10.9. The van der Waals surface area contributed by atoms with Crippen LogP contribution in [0.1, 0.15) is 9.67 Å². The summed E-state index contributed by atoms with van der Waals surface area (Å²) in [5, 5.41) is 4.13. The average Bonchev–Trinajstić information content (AvgIpc) is 3.11. The molecule has 4 rings (SSSR count). The fourth-order valence-electron chi connectivity index (χ4n) is 3.39. The van der Waals surface area contributed by atoms with Gasteiger partial charge in [0.25, 0.3) is 5.91 Å². The number of ether oxygens (including phenoxy) is 1. The van der Waals surface area contributed by atoms with E-state index in [0.29, 0.717) is 15.6 Å². The average molecular weight is 444 g/mol. The fraction of sp³-hybridized carbons (Fsp3) is 0.273. The lowest BCUT2D eigenvalue weighted by atomic mass is 10.2. The quantitative estimate of drug-likeness (QED) is 0.644. The van der Waals surface area contributed by atoms with Gasteiger partial charge in [0.15, 0.2) is 0 Å². The van der Waals surface area contributed by atoms with Crippen molar-refractivity contribution in [3.05, 3.63) is 58.4 Å². The van der Waals surface area contributed by atoms with E-state index >= 15 is 0 Å². The molecule has 3 aromatic rings. The standard InChI is InChI=1S/C22H22ClN3O3S/c1-25(22(28)21-20(23)17-4-2-3-5-18(17)30-21)14-19(27)24-15-6-8-16(9-7-15)26-10-12-29-13-11-26/h2-9H,10-14H2,1H3,(H,24,27). The van der Waals surface area contributed by atoms with Crippen LogP contribution in [-0.2, 0) is 9.53 Å². The Kier molecular flexibility index (Phi) is 6.22. The Morgan fingerprint density at radius 1 is 1.13 bits per heavy atom. The number of nitrogens with one attached hydrogen (secondary N) is 1. The van der Waals surface area contributed by atoms with Crippen LogP contribution in [0, 0.1) is 0 Å². The zero-order valence-electron chi connectivity index (χ0n) is 16.6. The van der Waals surface area contributed by atoms with E-state index in [0.717, 1.165) is 42.1 Å². The van der Waals surface area contributed by atoms with E-state index in [1.54, 1.807) is 7.05 Å². The van der Waals surface area contributed by atoms with Crippen LogP contribution in [0.25, 0.3) is 10.1 Å². The SMILES string of the molecule is CN(CC(=O)Nc1ccc(N2CCOCC2)cc1)C(=O)c1sc2ccccc2c1Cl. The van der Waals surface area contributed by atoms with Gasteiger partial charge in [-0.05, 0) is 30.3 Å². The number of likely N-dealkylation sites (N-methyl/N-ethyl adjacent to an activating group) is 1. The van der Waals surface area contributed by atoms with Gasteiger partial charge in [0.05, 0.1) is 24.8 Å². The molecule has 0 saturated carbocycles. The number of fused-ring (bicyclic) bond motifs is 1. The normalized spacial score (nSPS) is 14.0. The summed E-state index contributed by atoms with van der Waals surface area (Å²) in [7, 11) is 1.60. The van der Waals surface area contributed by atoms with Crippen LogP contribution in [0.2, 0.25) is 5.02 Å². The molecule has 1 fully saturated rings. The zero-order chi connectivity index (χ0) is 21.1. The monoisotopic (exact) mass is 443 g/mol. The highest BCUT2D eigenvalue weighted by Crippen LogP contribution is 2.35. The van der Waals surface area contributed by atoms with Crippen molar-refractivity contribution in [2.45, 2.75) is 0 Å². The highest BCUT2D eigenvalue weighted by Gasteiger charge is 2.22. The maximum absolute atomic E-state index is 12.8. The highest BCUT2D eigenvalue weighted by molar-refractivity contribution is 7.21. The molecule has 8 heteroatoms. The van der Waals surface area contributed by atoms with Crippen molar-refractivity contribution in [1.82, 2.24) is 4.90 Å². The summed E-state index contributed by atoms with van der Waals surface area (Å²) in [5.74, 6) is -0.527. The number of anilines is 2. The van der Waals surface area contributed by atoms with Gasteiger partial charge in [-0.1, -0.05) is 29.8 Å². The molecule has 6 nitrogen and oxygen atoms in total. The molecule has 1 aliphatic heterocycles. The Morgan fingerprint density at radius 3 is 2.53 bits per heavy atom. The second kappa shape index (κ2) is 9.04. The second-order valence-corrected chi connectivity index (χ2v) is 8.53. The van der Waals surface area contributed by atoms with Crippen LogP contribution >= 0.6 is 22.9 Å². The van der Waals surface area contributed by atoms with Crippen LogP contribution in [0.15, 0.2) is 48.5 Å². The molecule has 0 unspecified atom stereocenters. The Morgan fingerprint density at radius 2 is 1.83 bits per heavy atom. The van der Waals surface area contributed by atoms with Gasteiger partial charge in [0, 0.05) is 41.6 Å². The van der Waals surface area contributed by atoms with E-state index in [4.69, 9.17) is 16.3 Å².